The van der Waals surface area contributed by atoms with Crippen LogP contribution in [0.4, 0.5) is 4.79 Å². The van der Waals surface area contributed by atoms with Crippen molar-refractivity contribution in [2.24, 2.45) is 0 Å². The zero-order valence-corrected chi connectivity index (χ0v) is 50.4. The van der Waals surface area contributed by atoms with E-state index >= 15 is 0 Å². The van der Waals surface area contributed by atoms with Gasteiger partial charge in [0.2, 0.25) is 11.8 Å². The number of carboxylic acids is 1. The standard InChI is InChI=1S/C67H77N3O18/c1-38-16-24-45(25-17-38)33-80-60-54(37-83-66-63(82-35-47-28-20-40(3)21-29-47)62(88-57(76)31-23-42(5)72)59(43(6)85-66)87-56(75)30-22-41(4)71)86-64(58(68-44(7)73)61(60)81-34-46-26-18-39(2)19-27-46)70-55(74)32-53(65(77)78)69-67(79)84-36-52-50-14-10-8-12-48(50)49-13-9-11-15-51(49)52/h8-21,24-29,43,52-54,58-64,66H,22-23,30-37H2,1-7H3,(H,68,73)(H,69,79)(H,70,74)(H,77,78)/t43-,53-,54+,58+,59+,60+,61+,62+,63-,64+,66+/m0/s1. The highest BCUT2D eigenvalue weighted by atomic mass is 16.7. The van der Waals surface area contributed by atoms with Gasteiger partial charge in [0.25, 0.3) is 0 Å². The number of rotatable bonds is 28. The van der Waals surface area contributed by atoms with Gasteiger partial charge >= 0.3 is 24.0 Å². The Bertz CT molecular complexity index is 3200. The average molecular weight is 1210 g/mol. The first-order valence-corrected chi connectivity index (χ1v) is 29.4. The van der Waals surface area contributed by atoms with Gasteiger partial charge in [0, 0.05) is 25.7 Å². The molecule has 3 amide bonds. The Balaban J connectivity index is 1.10. The molecular weight excluding hydrogens is 1130 g/mol. The van der Waals surface area contributed by atoms with Crippen LogP contribution in [0.15, 0.2) is 121 Å². The summed E-state index contributed by atoms with van der Waals surface area (Å²) < 4.78 is 57.8. The number of nitrogens with one attached hydrogen (secondary N) is 3. The minimum absolute atomic E-state index is 0.0188. The lowest BCUT2D eigenvalue weighted by molar-refractivity contribution is -0.320. The molecule has 21 heteroatoms. The van der Waals surface area contributed by atoms with E-state index in [2.05, 4.69) is 16.0 Å². The van der Waals surface area contributed by atoms with Gasteiger partial charge in [0.05, 0.1) is 51.8 Å². The highest BCUT2D eigenvalue weighted by molar-refractivity contribution is 5.87. The Kier molecular flexibility index (Phi) is 23.3. The van der Waals surface area contributed by atoms with Gasteiger partial charge in [0.15, 0.2) is 24.7 Å². The average Bonchev–Trinajstić information content (AvgIpc) is 1.56. The topological polar surface area (TPSA) is 276 Å². The largest absolute Gasteiger partial charge is 0.480 e. The van der Waals surface area contributed by atoms with Gasteiger partial charge in [-0.05, 0) is 80.5 Å². The third-order valence-corrected chi connectivity index (χ3v) is 15.4. The second-order valence-electron chi connectivity index (χ2n) is 22.6. The number of carbonyl (C=O) groups excluding carboxylic acids is 7. The zero-order valence-electron chi connectivity index (χ0n) is 50.4. The molecule has 2 fully saturated rings. The molecule has 0 spiro atoms. The van der Waals surface area contributed by atoms with Crippen LogP contribution in [-0.4, -0.2) is 133 Å². The molecule has 2 aliphatic heterocycles. The summed E-state index contributed by atoms with van der Waals surface area (Å²) in [5, 5.41) is 18.4. The summed E-state index contributed by atoms with van der Waals surface area (Å²) in [6, 6.07) is 35.0. The van der Waals surface area contributed by atoms with Crippen LogP contribution in [0.2, 0.25) is 0 Å². The van der Waals surface area contributed by atoms with Crippen molar-refractivity contribution >= 4 is 47.4 Å². The molecule has 0 bridgehead atoms. The Morgan fingerprint density at radius 1 is 0.534 bits per heavy atom. The van der Waals surface area contributed by atoms with Crippen molar-refractivity contribution in [3.63, 3.8) is 0 Å². The predicted octanol–water partition coefficient (Wildman–Crippen LogP) is 7.72. The third-order valence-electron chi connectivity index (χ3n) is 15.4. The van der Waals surface area contributed by atoms with Gasteiger partial charge < -0.3 is 73.3 Å². The molecule has 468 valence electrons. The molecule has 3 aliphatic rings. The highest BCUT2D eigenvalue weighted by Crippen LogP contribution is 2.44. The van der Waals surface area contributed by atoms with Gasteiger partial charge in [0.1, 0.15) is 54.7 Å². The normalized spacial score (nSPS) is 22.4. The molecule has 5 aromatic rings. The third kappa shape index (κ3) is 18.2. The molecular formula is C67H77N3O18. The van der Waals surface area contributed by atoms with Crippen LogP contribution < -0.4 is 16.0 Å². The minimum atomic E-state index is -1.80. The van der Waals surface area contributed by atoms with Gasteiger partial charge in [-0.1, -0.05) is 138 Å². The van der Waals surface area contributed by atoms with E-state index in [0.29, 0.717) is 5.56 Å². The molecule has 0 saturated carbocycles. The lowest BCUT2D eigenvalue weighted by Gasteiger charge is -2.48. The van der Waals surface area contributed by atoms with Gasteiger partial charge in [-0.15, -0.1) is 0 Å². The quantitative estimate of drug-likeness (QED) is 0.0275. The summed E-state index contributed by atoms with van der Waals surface area (Å²) in [7, 11) is 0. The molecule has 21 nitrogen and oxygen atoms in total. The fourth-order valence-corrected chi connectivity index (χ4v) is 10.8. The smallest absolute Gasteiger partial charge is 0.407 e. The number of hydrogen-bond acceptors (Lipinski definition) is 17. The van der Waals surface area contributed by atoms with Gasteiger partial charge in [-0.3, -0.25) is 19.2 Å². The Morgan fingerprint density at radius 3 is 1.50 bits per heavy atom. The van der Waals surface area contributed by atoms with E-state index in [0.717, 1.165) is 50.1 Å². The van der Waals surface area contributed by atoms with Crippen molar-refractivity contribution < 1.29 is 86.1 Å². The lowest BCUT2D eigenvalue weighted by atomic mass is 9.94. The fourth-order valence-electron chi connectivity index (χ4n) is 10.8. The van der Waals surface area contributed by atoms with Crippen molar-refractivity contribution in [3.8, 4) is 11.1 Å². The molecule has 2 heterocycles. The molecule has 0 radical (unpaired) electrons. The summed E-state index contributed by atoms with van der Waals surface area (Å²) >= 11 is 0. The summed E-state index contributed by atoms with van der Waals surface area (Å²) in [6.45, 7) is 10.6. The number of amides is 3. The molecule has 88 heavy (non-hydrogen) atoms. The highest BCUT2D eigenvalue weighted by Gasteiger charge is 2.53. The van der Waals surface area contributed by atoms with Crippen LogP contribution in [0.25, 0.3) is 11.1 Å². The molecule has 0 aromatic heterocycles. The maximum absolute atomic E-state index is 14.4. The first-order chi connectivity index (χ1) is 42.2. The van der Waals surface area contributed by atoms with Crippen molar-refractivity contribution in [1.29, 1.82) is 0 Å². The van der Waals surface area contributed by atoms with E-state index < -0.39 is 116 Å². The number of hydrogen-bond donors (Lipinski definition) is 4. The van der Waals surface area contributed by atoms with Gasteiger partial charge in [-0.25, -0.2) is 9.59 Å². The van der Waals surface area contributed by atoms with Crippen LogP contribution in [0.1, 0.15) is 110 Å². The van der Waals surface area contributed by atoms with Crippen molar-refractivity contribution in [1.82, 2.24) is 16.0 Å². The van der Waals surface area contributed by atoms with E-state index in [1.807, 2.05) is 142 Å². The maximum Gasteiger partial charge on any atom is 0.407 e. The van der Waals surface area contributed by atoms with Crippen LogP contribution in [-0.2, 0) is 96.0 Å². The number of benzene rings is 5. The Hall–Kier alpha value is -8.18. The maximum atomic E-state index is 14.4. The monoisotopic (exact) mass is 1210 g/mol. The molecule has 4 N–H and O–H groups in total. The number of carbonyl (C=O) groups is 8. The Morgan fingerprint density at radius 2 is 1.01 bits per heavy atom. The number of ether oxygens (including phenoxy) is 9. The van der Waals surface area contributed by atoms with E-state index in [-0.39, 0.29) is 69.6 Å². The number of carboxylic acid groups (broad SMARTS) is 1. The summed E-state index contributed by atoms with van der Waals surface area (Å²) in [4.78, 5) is 105. The molecule has 5 aromatic carbocycles. The van der Waals surface area contributed by atoms with E-state index in [4.69, 9.17) is 42.6 Å². The van der Waals surface area contributed by atoms with E-state index in [1.165, 1.54) is 20.8 Å². The zero-order chi connectivity index (χ0) is 63.0. The number of fused-ring (bicyclic) bond motifs is 3. The lowest BCUT2D eigenvalue weighted by Crippen LogP contribution is -2.69. The fraction of sp³-hybridized carbons (Fsp3) is 0.433. The summed E-state index contributed by atoms with van der Waals surface area (Å²) in [5.41, 5.74) is 9.02. The molecule has 2 saturated heterocycles. The van der Waals surface area contributed by atoms with E-state index in [9.17, 15) is 43.5 Å². The SMILES string of the molecule is CC(=O)CCC(=O)O[C@H]1[C@H](OCc2ccc(C)cc2)[C@H](OC[C@H]2O[C@@H](NC(=O)C[C@H](NC(=O)OCC3c4ccccc4-c4ccccc43)C(=O)O)[C@H](NC(C)=O)[C@@H](OCc3ccc(C)cc3)[C@@H]2OCc2ccc(C)cc2)O[C@@H](C)[C@H]1OC(=O)CCC(C)=O. The number of ketones is 2. The number of esters is 2. The number of alkyl carbamates (subject to hydrolysis) is 1. The van der Waals surface area contributed by atoms with E-state index in [1.54, 1.807) is 6.92 Å². The van der Waals surface area contributed by atoms with Crippen molar-refractivity contribution in [3.05, 3.63) is 166 Å². The minimum Gasteiger partial charge on any atom is -0.480 e. The number of Topliss-reactive ketones (excluding diaryl/α,β-unsaturated/α-hetero) is 2. The summed E-state index contributed by atoms with van der Waals surface area (Å²) in [6.07, 6.45) is -14.5. The second-order valence-corrected chi connectivity index (χ2v) is 22.6. The van der Waals surface area contributed by atoms with Crippen molar-refractivity contribution in [2.45, 2.75) is 174 Å². The number of aliphatic carboxylic acids is 1. The molecule has 8 rings (SSSR count). The van der Waals surface area contributed by atoms with Gasteiger partial charge in [-0.2, -0.15) is 0 Å². The molecule has 1 aliphatic carbocycles. The van der Waals surface area contributed by atoms with Crippen LogP contribution >= 0.6 is 0 Å². The van der Waals surface area contributed by atoms with Crippen LogP contribution in [0.3, 0.4) is 0 Å². The second kappa shape index (κ2) is 31.1. The predicted molar refractivity (Wildman–Crippen MR) is 318 cm³/mol. The van der Waals surface area contributed by atoms with Crippen molar-refractivity contribution in [2.75, 3.05) is 13.2 Å². The first-order valence-electron chi connectivity index (χ1n) is 29.4. The summed E-state index contributed by atoms with van der Waals surface area (Å²) in [5.74, 6) is -5.46. The first kappa shape index (κ1) is 65.8. The van der Waals surface area contributed by atoms with Crippen LogP contribution in [0.5, 0.6) is 0 Å². The Labute approximate surface area is 511 Å². The molecule has 11 atom stereocenters. The number of aryl methyl sites for hydroxylation is 3. The van der Waals surface area contributed by atoms with Crippen LogP contribution in [0, 0.1) is 20.8 Å². The molecule has 0 unspecified atom stereocenters.